The Hall–Kier alpha value is -10.7. The molecule has 2 aliphatic carbocycles. The summed E-state index contributed by atoms with van der Waals surface area (Å²) in [4.78, 5) is 49.3. The summed E-state index contributed by atoms with van der Waals surface area (Å²) in [5, 5.41) is 0. The standard InChI is InChI=1S/C41H30O4.C35H26O4/c1-27(42)28-11-13-29(14-12-28)30-15-17-31(18-16-30)40(43)45-35-25-21-33(22-26-35)41(32-19-23-34(44-2)24-20-32)38-9-5-3-7-36(38)37-8-4-6-10-39(37)41;1-23(36)24-8-7-9-25(22-24)34(37)39-29-20-16-27(17-21-29)35(26-14-18-28(38-2)19-15-26)32-12-5-3-10-30(32)31-11-4-6-13-33(31)35/h3-26H,1-2H3;3-22H,1-2H3. The van der Waals surface area contributed by atoms with E-state index >= 15 is 0 Å². The lowest BCUT2D eigenvalue weighted by molar-refractivity contribution is 0.0725. The third-order valence-electron chi connectivity index (χ3n) is 16.2. The molecule has 408 valence electrons. The predicted molar refractivity (Wildman–Crippen MR) is 329 cm³/mol. The first-order chi connectivity index (χ1) is 41.0. The lowest BCUT2D eigenvalue weighted by Gasteiger charge is -2.34. The number of esters is 2. The van der Waals surface area contributed by atoms with Gasteiger partial charge in [0.25, 0.3) is 0 Å². The quantitative estimate of drug-likeness (QED) is 0.0639. The zero-order valence-electron chi connectivity index (χ0n) is 46.7. The van der Waals surface area contributed by atoms with E-state index in [0.29, 0.717) is 33.8 Å². The zero-order valence-corrected chi connectivity index (χ0v) is 46.7. The number of methoxy groups -OCH3 is 2. The van der Waals surface area contributed by atoms with Crippen LogP contribution in [0.4, 0.5) is 0 Å². The summed E-state index contributed by atoms with van der Waals surface area (Å²) < 4.78 is 22.4. The van der Waals surface area contributed by atoms with E-state index in [1.807, 2.05) is 97.1 Å². The summed E-state index contributed by atoms with van der Waals surface area (Å²) in [5.41, 5.74) is 16.7. The van der Waals surface area contributed by atoms with Crippen LogP contribution in [0.25, 0.3) is 33.4 Å². The molecular formula is C76H56O8. The molecule has 0 unspecified atom stereocenters. The highest BCUT2D eigenvalue weighted by Gasteiger charge is 2.47. The van der Waals surface area contributed by atoms with Crippen molar-refractivity contribution in [3.63, 3.8) is 0 Å². The molecular weight excluding hydrogens is 1040 g/mol. The highest BCUT2D eigenvalue weighted by molar-refractivity contribution is 5.99. The molecule has 0 N–H and O–H groups in total. The fourth-order valence-electron chi connectivity index (χ4n) is 12.2. The van der Waals surface area contributed by atoms with E-state index in [-0.39, 0.29) is 11.6 Å². The number of Topliss-reactive ketones (excluding diaryl/α,β-unsaturated/α-hetero) is 2. The second-order valence-corrected chi connectivity index (χ2v) is 20.8. The van der Waals surface area contributed by atoms with Crippen molar-refractivity contribution in [3.8, 4) is 56.4 Å². The van der Waals surface area contributed by atoms with Crippen molar-refractivity contribution in [1.29, 1.82) is 0 Å². The molecule has 2 aliphatic rings. The maximum atomic E-state index is 13.1. The van der Waals surface area contributed by atoms with Crippen LogP contribution in [0.1, 0.15) is 99.8 Å². The molecule has 8 heteroatoms. The average molecular weight is 1100 g/mol. The minimum atomic E-state index is -0.558. The van der Waals surface area contributed by atoms with E-state index in [9.17, 15) is 19.2 Å². The highest BCUT2D eigenvalue weighted by Crippen LogP contribution is 2.58. The molecule has 0 aliphatic heterocycles. The van der Waals surface area contributed by atoms with E-state index in [1.54, 1.807) is 57.5 Å². The number of rotatable bonds is 13. The van der Waals surface area contributed by atoms with Gasteiger partial charge in [-0.25, -0.2) is 9.59 Å². The molecule has 0 saturated heterocycles. The number of benzene rings is 11. The van der Waals surface area contributed by atoms with Crippen LogP contribution in [0.2, 0.25) is 0 Å². The first-order valence-electron chi connectivity index (χ1n) is 27.7. The van der Waals surface area contributed by atoms with Crippen molar-refractivity contribution in [2.24, 2.45) is 0 Å². The number of hydrogen-bond donors (Lipinski definition) is 0. The summed E-state index contributed by atoms with van der Waals surface area (Å²) in [6.45, 7) is 3.02. The lowest BCUT2D eigenvalue weighted by atomic mass is 9.68. The minimum absolute atomic E-state index is 0.0291. The van der Waals surface area contributed by atoms with Crippen LogP contribution in [-0.4, -0.2) is 37.7 Å². The Kier molecular flexibility index (Phi) is 14.6. The Morgan fingerprint density at radius 3 is 0.917 bits per heavy atom. The average Bonchev–Trinajstić information content (AvgIpc) is 2.32. The van der Waals surface area contributed by atoms with Crippen LogP contribution >= 0.6 is 0 Å². The van der Waals surface area contributed by atoms with Gasteiger partial charge in [-0.15, -0.1) is 0 Å². The van der Waals surface area contributed by atoms with Gasteiger partial charge in [0.1, 0.15) is 23.0 Å². The Bertz CT molecular complexity index is 4180. The monoisotopic (exact) mass is 1100 g/mol. The SMILES string of the molecule is COc1ccc(C2(c3ccc(OC(=O)c4ccc(-c5ccc(C(C)=O)cc5)cc4)cc3)c3ccccc3-c3ccccc32)cc1.COc1ccc(C2(c3ccc(OC(=O)c4cccc(C(C)=O)c4)cc3)c3ccccc3-c3ccccc32)cc1. The highest BCUT2D eigenvalue weighted by atomic mass is 16.5. The fraction of sp³-hybridized carbons (Fsp3) is 0.0789. The normalized spacial score (nSPS) is 12.7. The molecule has 0 saturated carbocycles. The van der Waals surface area contributed by atoms with Crippen molar-refractivity contribution < 1.29 is 38.1 Å². The van der Waals surface area contributed by atoms with Crippen LogP contribution in [0.3, 0.4) is 0 Å². The number of ether oxygens (including phenoxy) is 4. The summed E-state index contributed by atoms with van der Waals surface area (Å²) in [6.07, 6.45) is 0. The maximum Gasteiger partial charge on any atom is 0.343 e. The summed E-state index contributed by atoms with van der Waals surface area (Å²) in [7, 11) is 3.34. The number of carbonyl (C=O) groups is 4. The molecule has 0 aromatic heterocycles. The van der Waals surface area contributed by atoms with Gasteiger partial charge in [0, 0.05) is 11.1 Å². The molecule has 11 aromatic carbocycles. The van der Waals surface area contributed by atoms with Gasteiger partial charge in [0.2, 0.25) is 0 Å². The number of hydrogen-bond acceptors (Lipinski definition) is 8. The Morgan fingerprint density at radius 2 is 0.583 bits per heavy atom. The third kappa shape index (κ3) is 9.63. The van der Waals surface area contributed by atoms with E-state index < -0.39 is 22.8 Å². The molecule has 0 atom stereocenters. The van der Waals surface area contributed by atoms with Crippen LogP contribution in [-0.2, 0) is 10.8 Å². The maximum absolute atomic E-state index is 13.1. The molecule has 11 aromatic rings. The molecule has 0 bridgehead atoms. The van der Waals surface area contributed by atoms with Gasteiger partial charge < -0.3 is 18.9 Å². The Labute approximate surface area is 488 Å². The molecule has 0 amide bonds. The van der Waals surface area contributed by atoms with Gasteiger partial charge in [-0.1, -0.05) is 194 Å². The summed E-state index contributed by atoms with van der Waals surface area (Å²) in [5.74, 6) is 1.49. The number of ketones is 2. The molecule has 8 nitrogen and oxygen atoms in total. The predicted octanol–water partition coefficient (Wildman–Crippen LogP) is 16.6. The van der Waals surface area contributed by atoms with Gasteiger partial charge in [0.15, 0.2) is 11.6 Å². The minimum Gasteiger partial charge on any atom is -0.497 e. The van der Waals surface area contributed by atoms with Crippen LogP contribution in [0.15, 0.2) is 267 Å². The first-order valence-corrected chi connectivity index (χ1v) is 27.7. The van der Waals surface area contributed by atoms with Gasteiger partial charge in [-0.3, -0.25) is 9.59 Å². The van der Waals surface area contributed by atoms with Gasteiger partial charge in [0.05, 0.1) is 36.2 Å². The molecule has 0 spiro atoms. The number of carbonyl (C=O) groups excluding carboxylic acids is 4. The topological polar surface area (TPSA) is 105 Å². The van der Waals surface area contributed by atoms with Gasteiger partial charge >= 0.3 is 11.9 Å². The van der Waals surface area contributed by atoms with Crippen molar-refractivity contribution in [1.82, 2.24) is 0 Å². The van der Waals surface area contributed by atoms with Crippen molar-refractivity contribution in [2.45, 2.75) is 24.7 Å². The molecule has 0 heterocycles. The van der Waals surface area contributed by atoms with Crippen molar-refractivity contribution in [2.75, 3.05) is 14.2 Å². The molecule has 13 rings (SSSR count). The van der Waals surface area contributed by atoms with Crippen molar-refractivity contribution >= 4 is 23.5 Å². The molecule has 84 heavy (non-hydrogen) atoms. The second-order valence-electron chi connectivity index (χ2n) is 20.8. The van der Waals surface area contributed by atoms with Crippen molar-refractivity contribution in [3.05, 3.63) is 334 Å². The third-order valence-corrected chi connectivity index (χ3v) is 16.2. The van der Waals surface area contributed by atoms with Crippen LogP contribution in [0, 0.1) is 0 Å². The Balaban J connectivity index is 0.000000167. The van der Waals surface area contributed by atoms with Crippen LogP contribution < -0.4 is 18.9 Å². The summed E-state index contributed by atoms with van der Waals surface area (Å²) in [6, 6.07) is 87.5. The zero-order chi connectivity index (χ0) is 58.0. The van der Waals surface area contributed by atoms with Gasteiger partial charge in [-0.2, -0.15) is 0 Å². The molecule has 0 radical (unpaired) electrons. The summed E-state index contributed by atoms with van der Waals surface area (Å²) >= 11 is 0. The van der Waals surface area contributed by atoms with E-state index in [0.717, 1.165) is 44.9 Å². The smallest absolute Gasteiger partial charge is 0.343 e. The largest absolute Gasteiger partial charge is 0.497 e. The first kappa shape index (κ1) is 53.9. The van der Waals surface area contributed by atoms with Crippen LogP contribution in [0.5, 0.6) is 23.0 Å². The van der Waals surface area contributed by atoms with Gasteiger partial charge in [-0.05, 0) is 165 Å². The van der Waals surface area contributed by atoms with E-state index in [1.165, 1.54) is 51.4 Å². The number of fused-ring (bicyclic) bond motifs is 6. The van der Waals surface area contributed by atoms with E-state index in [2.05, 4.69) is 133 Å². The molecule has 0 fully saturated rings. The fourth-order valence-corrected chi connectivity index (χ4v) is 12.2. The van der Waals surface area contributed by atoms with E-state index in [4.69, 9.17) is 18.9 Å². The second kappa shape index (κ2) is 22.7. The Morgan fingerprint density at radius 1 is 0.286 bits per heavy atom. The lowest BCUT2D eigenvalue weighted by Crippen LogP contribution is -2.28.